The van der Waals surface area contributed by atoms with Crippen LogP contribution in [0.4, 0.5) is 0 Å². The molecule has 0 aliphatic heterocycles. The van der Waals surface area contributed by atoms with Gasteiger partial charge in [-0.1, -0.05) is 38.2 Å². The van der Waals surface area contributed by atoms with Gasteiger partial charge in [0.15, 0.2) is 17.5 Å². The van der Waals surface area contributed by atoms with Crippen LogP contribution in [0.25, 0.3) is 0 Å². The molecule has 6 N–H and O–H groups in total. The molecular formula is C19H29N2O5+. The molecule has 0 spiro atoms. The summed E-state index contributed by atoms with van der Waals surface area (Å²) in [6.07, 6.45) is 6.80. The Labute approximate surface area is 153 Å². The van der Waals surface area contributed by atoms with Crippen molar-refractivity contribution >= 4 is 11.9 Å². The maximum atomic E-state index is 12.5. The second kappa shape index (κ2) is 9.43. The summed E-state index contributed by atoms with van der Waals surface area (Å²) in [4.78, 5) is 24.5. The first kappa shape index (κ1) is 20.0. The van der Waals surface area contributed by atoms with Crippen molar-refractivity contribution in [1.82, 2.24) is 5.32 Å². The van der Waals surface area contributed by atoms with Crippen LogP contribution in [0, 0.1) is 5.92 Å². The summed E-state index contributed by atoms with van der Waals surface area (Å²) in [7, 11) is 1.26. The number of carbonyl (C=O) groups is 2. The number of nitrogens with one attached hydrogen (secondary N) is 1. The summed E-state index contributed by atoms with van der Waals surface area (Å²) in [6, 6.07) is 3.00. The van der Waals surface area contributed by atoms with Gasteiger partial charge in [0.1, 0.15) is 6.04 Å². The predicted molar refractivity (Wildman–Crippen MR) is 95.3 cm³/mol. The third-order valence-electron chi connectivity index (χ3n) is 5.00. The quantitative estimate of drug-likeness (QED) is 0.422. The number of methoxy groups -OCH3 is 1. The maximum absolute atomic E-state index is 12.5. The number of rotatable bonds is 7. The molecule has 1 aromatic rings. The lowest BCUT2D eigenvalue weighted by Gasteiger charge is -2.24. The Morgan fingerprint density at radius 1 is 1.23 bits per heavy atom. The zero-order valence-corrected chi connectivity index (χ0v) is 15.2. The third-order valence-corrected chi connectivity index (χ3v) is 5.00. The molecular weight excluding hydrogens is 336 g/mol. The molecule has 2 rings (SSSR count). The van der Waals surface area contributed by atoms with Gasteiger partial charge in [-0.3, -0.25) is 4.79 Å². The van der Waals surface area contributed by atoms with Crippen LogP contribution in [0.5, 0.6) is 11.5 Å². The average molecular weight is 365 g/mol. The Hall–Kier alpha value is -2.28. The van der Waals surface area contributed by atoms with E-state index in [1.165, 1.54) is 38.5 Å². The smallest absolute Gasteiger partial charge is 0.328 e. The number of ether oxygens (including phenoxy) is 1. The van der Waals surface area contributed by atoms with Crippen molar-refractivity contribution in [2.45, 2.75) is 57.0 Å². The molecule has 0 saturated heterocycles. The van der Waals surface area contributed by atoms with Crippen LogP contribution in [-0.2, 0) is 20.7 Å². The minimum Gasteiger partial charge on any atom is -0.504 e. The fourth-order valence-electron chi connectivity index (χ4n) is 3.49. The van der Waals surface area contributed by atoms with Crippen LogP contribution in [-0.4, -0.2) is 41.3 Å². The molecule has 1 amide bonds. The van der Waals surface area contributed by atoms with E-state index in [-0.39, 0.29) is 23.8 Å². The van der Waals surface area contributed by atoms with Gasteiger partial charge in [-0.2, -0.15) is 0 Å². The van der Waals surface area contributed by atoms with Gasteiger partial charge < -0.3 is 26.0 Å². The molecule has 0 bridgehead atoms. The molecule has 7 nitrogen and oxygen atoms in total. The van der Waals surface area contributed by atoms with E-state index in [2.05, 4.69) is 11.1 Å². The number of carbonyl (C=O) groups excluding carboxylic acids is 2. The van der Waals surface area contributed by atoms with Crippen molar-refractivity contribution in [3.8, 4) is 11.5 Å². The average Bonchev–Trinajstić information content (AvgIpc) is 2.64. The predicted octanol–water partition coefficient (Wildman–Crippen LogP) is 0.879. The van der Waals surface area contributed by atoms with Crippen LogP contribution in [0.2, 0.25) is 0 Å². The van der Waals surface area contributed by atoms with Crippen LogP contribution < -0.4 is 11.1 Å². The molecule has 1 aromatic carbocycles. The number of phenols is 2. The molecule has 2 atom stereocenters. The Kier molecular flexibility index (Phi) is 7.26. The summed E-state index contributed by atoms with van der Waals surface area (Å²) < 4.78 is 4.78. The van der Waals surface area contributed by atoms with E-state index in [9.17, 15) is 19.8 Å². The van der Waals surface area contributed by atoms with E-state index < -0.39 is 18.1 Å². The second-order valence-corrected chi connectivity index (χ2v) is 7.05. The monoisotopic (exact) mass is 365 g/mol. The first-order chi connectivity index (χ1) is 12.4. The first-order valence-corrected chi connectivity index (χ1v) is 9.12. The number of benzene rings is 1. The Morgan fingerprint density at radius 3 is 2.54 bits per heavy atom. The minimum atomic E-state index is -0.868. The number of hydrogen-bond donors (Lipinski definition) is 4. The topological polar surface area (TPSA) is 124 Å². The lowest BCUT2D eigenvalue weighted by Crippen LogP contribution is -2.69. The molecule has 0 unspecified atom stereocenters. The number of esters is 1. The van der Waals surface area contributed by atoms with Gasteiger partial charge in [0.05, 0.1) is 7.11 Å². The van der Waals surface area contributed by atoms with Crippen LogP contribution in [0.1, 0.15) is 44.1 Å². The molecule has 144 valence electrons. The number of quaternary nitrogens is 1. The molecule has 0 aromatic heterocycles. The zero-order chi connectivity index (χ0) is 19.1. The molecule has 0 heterocycles. The minimum absolute atomic E-state index is 0.155. The standard InChI is InChI=1S/C19H28N2O5/c1-26-19(25)15(10-13-7-8-16(22)17(23)11-13)21-18(24)14(20)9-12-5-3-2-4-6-12/h7-8,11-12,14-15,22-23H,2-6,9-10,20H2,1H3,(H,21,24)/p+1/t14-,15-/m0/s1. The fraction of sp³-hybridized carbons (Fsp3) is 0.579. The SMILES string of the molecule is COC(=O)[C@H](Cc1ccc(O)c(O)c1)NC(=O)[C@@H]([NH3+])CC1CCCCC1. The van der Waals surface area contributed by atoms with Crippen molar-refractivity contribution in [2.75, 3.05) is 7.11 Å². The van der Waals surface area contributed by atoms with Crippen molar-refractivity contribution in [3.05, 3.63) is 23.8 Å². The lowest BCUT2D eigenvalue weighted by atomic mass is 9.85. The fourth-order valence-corrected chi connectivity index (χ4v) is 3.49. The van der Waals surface area contributed by atoms with Gasteiger partial charge in [0.2, 0.25) is 0 Å². The third kappa shape index (κ3) is 5.62. The number of amides is 1. The maximum Gasteiger partial charge on any atom is 0.328 e. The molecule has 0 radical (unpaired) electrons. The number of hydrogen-bond acceptors (Lipinski definition) is 5. The van der Waals surface area contributed by atoms with E-state index in [1.807, 2.05) is 0 Å². The van der Waals surface area contributed by atoms with E-state index >= 15 is 0 Å². The van der Waals surface area contributed by atoms with Gasteiger partial charge in [-0.25, -0.2) is 4.79 Å². The Bertz CT molecular complexity index is 628. The summed E-state index contributed by atoms with van der Waals surface area (Å²) in [5.74, 6) is -0.824. The van der Waals surface area contributed by atoms with Crippen LogP contribution in [0.15, 0.2) is 18.2 Å². The highest BCUT2D eigenvalue weighted by molar-refractivity contribution is 5.86. The zero-order valence-electron chi connectivity index (χ0n) is 15.2. The van der Waals surface area contributed by atoms with Crippen molar-refractivity contribution < 1.29 is 30.3 Å². The van der Waals surface area contributed by atoms with Crippen LogP contribution in [0.3, 0.4) is 0 Å². The van der Waals surface area contributed by atoms with Gasteiger partial charge in [0, 0.05) is 12.8 Å². The molecule has 1 saturated carbocycles. The van der Waals surface area contributed by atoms with Gasteiger partial charge >= 0.3 is 5.97 Å². The molecule has 26 heavy (non-hydrogen) atoms. The van der Waals surface area contributed by atoms with Crippen molar-refractivity contribution in [3.63, 3.8) is 0 Å². The highest BCUT2D eigenvalue weighted by Gasteiger charge is 2.29. The number of phenolic OH excluding ortho intramolecular Hbond substituents is 2. The molecule has 1 fully saturated rings. The van der Waals surface area contributed by atoms with E-state index in [4.69, 9.17) is 4.74 Å². The largest absolute Gasteiger partial charge is 0.504 e. The summed E-state index contributed by atoms with van der Waals surface area (Å²) in [5, 5.41) is 21.7. The summed E-state index contributed by atoms with van der Waals surface area (Å²) >= 11 is 0. The second-order valence-electron chi connectivity index (χ2n) is 7.05. The van der Waals surface area contributed by atoms with Crippen molar-refractivity contribution in [2.24, 2.45) is 5.92 Å². The summed E-state index contributed by atoms with van der Waals surface area (Å²) in [6.45, 7) is 0. The molecule has 7 heteroatoms. The first-order valence-electron chi connectivity index (χ1n) is 9.12. The van der Waals surface area contributed by atoms with Gasteiger partial charge in [0.25, 0.3) is 5.91 Å². The molecule has 1 aliphatic rings. The van der Waals surface area contributed by atoms with E-state index in [0.29, 0.717) is 11.5 Å². The van der Waals surface area contributed by atoms with E-state index in [1.54, 1.807) is 6.07 Å². The highest BCUT2D eigenvalue weighted by Crippen LogP contribution is 2.27. The van der Waals surface area contributed by atoms with Gasteiger partial charge in [-0.15, -0.1) is 0 Å². The lowest BCUT2D eigenvalue weighted by molar-refractivity contribution is -0.407. The van der Waals surface area contributed by atoms with Gasteiger partial charge in [-0.05, 0) is 23.6 Å². The highest BCUT2D eigenvalue weighted by atomic mass is 16.5. The Balaban J connectivity index is 1.98. The summed E-state index contributed by atoms with van der Waals surface area (Å²) in [5.41, 5.74) is 4.57. The number of aromatic hydroxyl groups is 2. The van der Waals surface area contributed by atoms with E-state index in [0.717, 1.165) is 19.3 Å². The normalized spacial score (nSPS) is 17.3. The molecule has 1 aliphatic carbocycles. The Morgan fingerprint density at radius 2 is 1.92 bits per heavy atom. The van der Waals surface area contributed by atoms with Crippen LogP contribution >= 0.6 is 0 Å². The van der Waals surface area contributed by atoms with Crippen molar-refractivity contribution in [1.29, 1.82) is 0 Å².